The molecule has 0 spiro atoms. The van der Waals surface area contributed by atoms with Crippen LogP contribution in [0, 0.1) is 17.8 Å². The maximum Gasteiger partial charge on any atom is 0.267 e. The Morgan fingerprint density at radius 3 is 2.33 bits per heavy atom. The van der Waals surface area contributed by atoms with Crippen LogP contribution in [0.3, 0.4) is 0 Å². The number of aromatic nitrogens is 1. The van der Waals surface area contributed by atoms with Gasteiger partial charge in [-0.05, 0) is 23.8 Å². The topological polar surface area (TPSA) is 62.0 Å². The van der Waals surface area contributed by atoms with Gasteiger partial charge in [-0.25, -0.2) is 0 Å². The summed E-state index contributed by atoms with van der Waals surface area (Å²) >= 11 is 0. The zero-order chi connectivity index (χ0) is 13.7. The zero-order valence-corrected chi connectivity index (χ0v) is 11.5. The highest BCUT2D eigenvalue weighted by Gasteiger charge is 2.18. The SMILES string of the molecule is CC(C)C(CNC(=O)c1cccc(=O)[nH]1)C(C)C. The van der Waals surface area contributed by atoms with Gasteiger partial charge in [0.05, 0.1) is 0 Å². The lowest BCUT2D eigenvalue weighted by Gasteiger charge is -2.24. The Morgan fingerprint density at radius 2 is 1.83 bits per heavy atom. The first-order valence-electron chi connectivity index (χ1n) is 6.39. The molecule has 0 aliphatic carbocycles. The summed E-state index contributed by atoms with van der Waals surface area (Å²) in [5.41, 5.74) is 0.0562. The van der Waals surface area contributed by atoms with Crippen LogP contribution in [0.5, 0.6) is 0 Å². The van der Waals surface area contributed by atoms with Crippen molar-refractivity contribution in [3.63, 3.8) is 0 Å². The molecule has 0 fully saturated rings. The van der Waals surface area contributed by atoms with Crippen molar-refractivity contribution >= 4 is 5.91 Å². The van der Waals surface area contributed by atoms with Crippen LogP contribution in [0.4, 0.5) is 0 Å². The van der Waals surface area contributed by atoms with E-state index < -0.39 is 0 Å². The third-order valence-electron chi connectivity index (χ3n) is 3.22. The molecule has 2 N–H and O–H groups in total. The number of hydrogen-bond donors (Lipinski definition) is 2. The first-order valence-corrected chi connectivity index (χ1v) is 6.39. The summed E-state index contributed by atoms with van der Waals surface area (Å²) < 4.78 is 0. The first kappa shape index (κ1) is 14.5. The van der Waals surface area contributed by atoms with Gasteiger partial charge in [-0.2, -0.15) is 0 Å². The molecule has 0 atom stereocenters. The van der Waals surface area contributed by atoms with Gasteiger partial charge in [0, 0.05) is 12.6 Å². The molecule has 0 bridgehead atoms. The Labute approximate surface area is 108 Å². The molecule has 0 radical (unpaired) electrons. The number of amides is 1. The fraction of sp³-hybridized carbons (Fsp3) is 0.571. The lowest BCUT2D eigenvalue weighted by atomic mass is 9.85. The van der Waals surface area contributed by atoms with Crippen molar-refractivity contribution in [2.24, 2.45) is 17.8 Å². The van der Waals surface area contributed by atoms with Gasteiger partial charge in [0.15, 0.2) is 0 Å². The molecule has 0 aromatic carbocycles. The molecular formula is C14H22N2O2. The first-order chi connectivity index (χ1) is 8.41. The summed E-state index contributed by atoms with van der Waals surface area (Å²) in [6, 6.07) is 4.58. The molecule has 1 heterocycles. The van der Waals surface area contributed by atoms with Gasteiger partial charge in [-0.1, -0.05) is 33.8 Å². The van der Waals surface area contributed by atoms with E-state index in [9.17, 15) is 9.59 Å². The van der Waals surface area contributed by atoms with Gasteiger partial charge < -0.3 is 10.3 Å². The lowest BCUT2D eigenvalue weighted by molar-refractivity contribution is 0.0932. The Kier molecular flexibility index (Phi) is 5.13. The van der Waals surface area contributed by atoms with Crippen LogP contribution in [-0.2, 0) is 0 Å². The van der Waals surface area contributed by atoms with Crippen LogP contribution in [0.2, 0.25) is 0 Å². The van der Waals surface area contributed by atoms with E-state index in [4.69, 9.17) is 0 Å². The van der Waals surface area contributed by atoms with Crippen molar-refractivity contribution < 1.29 is 4.79 Å². The number of pyridine rings is 1. The molecule has 100 valence electrons. The predicted molar refractivity (Wildman–Crippen MR) is 72.6 cm³/mol. The third kappa shape index (κ3) is 4.02. The van der Waals surface area contributed by atoms with E-state index in [0.717, 1.165) is 0 Å². The molecule has 1 rings (SSSR count). The van der Waals surface area contributed by atoms with Crippen LogP contribution in [0.1, 0.15) is 38.2 Å². The molecule has 0 saturated carbocycles. The van der Waals surface area contributed by atoms with Crippen LogP contribution in [0.15, 0.2) is 23.0 Å². The van der Waals surface area contributed by atoms with Crippen LogP contribution in [0.25, 0.3) is 0 Å². The van der Waals surface area contributed by atoms with Gasteiger partial charge in [0.2, 0.25) is 5.56 Å². The Bertz CT molecular complexity index is 441. The van der Waals surface area contributed by atoms with Gasteiger partial charge in [0.1, 0.15) is 5.69 Å². The van der Waals surface area contributed by atoms with E-state index in [1.165, 1.54) is 6.07 Å². The van der Waals surface area contributed by atoms with Crippen molar-refractivity contribution in [3.8, 4) is 0 Å². The number of nitrogens with one attached hydrogen (secondary N) is 2. The molecule has 1 amide bonds. The minimum atomic E-state index is -0.257. The minimum absolute atomic E-state index is 0.223. The van der Waals surface area contributed by atoms with Gasteiger partial charge in [0.25, 0.3) is 5.91 Å². The van der Waals surface area contributed by atoms with E-state index >= 15 is 0 Å². The normalized spacial score (nSPS) is 11.3. The molecule has 18 heavy (non-hydrogen) atoms. The van der Waals surface area contributed by atoms with Crippen LogP contribution < -0.4 is 10.9 Å². The molecule has 0 aliphatic rings. The second kappa shape index (κ2) is 6.38. The summed E-state index contributed by atoms with van der Waals surface area (Å²) in [4.78, 5) is 25.5. The second-order valence-corrected chi connectivity index (χ2v) is 5.29. The molecule has 4 nitrogen and oxygen atoms in total. The van der Waals surface area contributed by atoms with E-state index in [2.05, 4.69) is 38.0 Å². The summed E-state index contributed by atoms with van der Waals surface area (Å²) in [6.07, 6.45) is 0. The molecule has 0 unspecified atom stereocenters. The number of carbonyl (C=O) groups is 1. The summed E-state index contributed by atoms with van der Waals surface area (Å²) in [5.74, 6) is 1.24. The summed E-state index contributed by atoms with van der Waals surface area (Å²) in [7, 11) is 0. The maximum absolute atomic E-state index is 11.9. The monoisotopic (exact) mass is 250 g/mol. The number of H-pyrrole nitrogens is 1. The predicted octanol–water partition coefficient (Wildman–Crippen LogP) is 2.03. The Hall–Kier alpha value is -1.58. The fourth-order valence-corrected chi connectivity index (χ4v) is 2.13. The molecule has 0 saturated heterocycles. The number of hydrogen-bond acceptors (Lipinski definition) is 2. The minimum Gasteiger partial charge on any atom is -0.350 e. The van der Waals surface area contributed by atoms with Gasteiger partial charge in [-0.15, -0.1) is 0 Å². The Morgan fingerprint density at radius 1 is 1.22 bits per heavy atom. The lowest BCUT2D eigenvalue weighted by Crippen LogP contribution is -2.34. The standard InChI is InChI=1S/C14H22N2O2/c1-9(2)11(10(3)4)8-15-14(18)12-6-5-7-13(17)16-12/h5-7,9-11H,8H2,1-4H3,(H,15,18)(H,16,17). The van der Waals surface area contributed by atoms with E-state index in [1.54, 1.807) is 12.1 Å². The number of aromatic amines is 1. The molecule has 1 aromatic rings. The smallest absolute Gasteiger partial charge is 0.267 e. The van der Waals surface area contributed by atoms with Gasteiger partial charge >= 0.3 is 0 Å². The fourth-order valence-electron chi connectivity index (χ4n) is 2.13. The Balaban J connectivity index is 2.63. The molecule has 1 aromatic heterocycles. The highest BCUT2D eigenvalue weighted by atomic mass is 16.2. The average molecular weight is 250 g/mol. The van der Waals surface area contributed by atoms with Crippen molar-refractivity contribution in [1.29, 1.82) is 0 Å². The number of rotatable bonds is 5. The van der Waals surface area contributed by atoms with E-state index in [-0.39, 0.29) is 11.5 Å². The second-order valence-electron chi connectivity index (χ2n) is 5.29. The van der Waals surface area contributed by atoms with E-state index in [1.807, 2.05) is 0 Å². The van der Waals surface area contributed by atoms with Crippen molar-refractivity contribution in [3.05, 3.63) is 34.2 Å². The van der Waals surface area contributed by atoms with Crippen LogP contribution >= 0.6 is 0 Å². The zero-order valence-electron chi connectivity index (χ0n) is 11.5. The maximum atomic E-state index is 11.9. The third-order valence-corrected chi connectivity index (χ3v) is 3.22. The van der Waals surface area contributed by atoms with Crippen molar-refractivity contribution in [2.75, 3.05) is 6.54 Å². The average Bonchev–Trinajstić information content (AvgIpc) is 2.28. The highest BCUT2D eigenvalue weighted by molar-refractivity contribution is 5.92. The summed E-state index contributed by atoms with van der Waals surface area (Å²) in [6.45, 7) is 9.25. The number of carbonyl (C=O) groups excluding carboxylic acids is 1. The van der Waals surface area contributed by atoms with Crippen LogP contribution in [-0.4, -0.2) is 17.4 Å². The molecule has 4 heteroatoms. The summed E-state index contributed by atoms with van der Waals surface area (Å²) in [5, 5.41) is 2.88. The quantitative estimate of drug-likeness (QED) is 0.840. The molecule has 0 aliphatic heterocycles. The van der Waals surface area contributed by atoms with Crippen molar-refractivity contribution in [1.82, 2.24) is 10.3 Å². The van der Waals surface area contributed by atoms with Gasteiger partial charge in [-0.3, -0.25) is 9.59 Å². The van der Waals surface area contributed by atoms with E-state index in [0.29, 0.717) is 30.0 Å². The largest absolute Gasteiger partial charge is 0.350 e. The van der Waals surface area contributed by atoms with Crippen molar-refractivity contribution in [2.45, 2.75) is 27.7 Å². The molecular weight excluding hydrogens is 228 g/mol. The highest BCUT2D eigenvalue weighted by Crippen LogP contribution is 2.19.